The number of anilines is 1. The van der Waals surface area contributed by atoms with Gasteiger partial charge in [0.2, 0.25) is 0 Å². The molecule has 0 radical (unpaired) electrons. The molecule has 1 unspecified atom stereocenters. The SMILES string of the molecule is CC(Nc1c(Cl)cccc1Cl)c1c(Cl)ccc(F)c1Cl. The maximum Gasteiger partial charge on any atom is 0.142 e. The monoisotopic (exact) mass is 351 g/mol. The molecule has 0 amide bonds. The summed E-state index contributed by atoms with van der Waals surface area (Å²) in [5.74, 6) is -0.523. The number of rotatable bonds is 3. The third-order valence-corrected chi connectivity index (χ3v) is 4.18. The molecule has 20 heavy (non-hydrogen) atoms. The second-order valence-corrected chi connectivity index (χ2v) is 5.82. The van der Waals surface area contributed by atoms with Crippen LogP contribution < -0.4 is 5.32 Å². The van der Waals surface area contributed by atoms with Crippen molar-refractivity contribution in [3.63, 3.8) is 0 Å². The normalized spacial score (nSPS) is 12.3. The lowest BCUT2D eigenvalue weighted by atomic mass is 10.1. The van der Waals surface area contributed by atoms with Crippen molar-refractivity contribution in [3.8, 4) is 0 Å². The zero-order chi connectivity index (χ0) is 14.9. The van der Waals surface area contributed by atoms with Gasteiger partial charge in [0.25, 0.3) is 0 Å². The van der Waals surface area contributed by atoms with E-state index in [-0.39, 0.29) is 11.1 Å². The molecule has 0 aromatic heterocycles. The van der Waals surface area contributed by atoms with Crippen molar-refractivity contribution < 1.29 is 4.39 Å². The van der Waals surface area contributed by atoms with Crippen LogP contribution in [0.5, 0.6) is 0 Å². The zero-order valence-electron chi connectivity index (χ0n) is 10.4. The van der Waals surface area contributed by atoms with Crippen molar-refractivity contribution in [2.45, 2.75) is 13.0 Å². The number of benzene rings is 2. The quantitative estimate of drug-likeness (QED) is 0.612. The highest BCUT2D eigenvalue weighted by Crippen LogP contribution is 2.37. The molecule has 1 N–H and O–H groups in total. The molecule has 0 saturated carbocycles. The summed E-state index contributed by atoms with van der Waals surface area (Å²) in [5, 5.41) is 4.40. The maximum absolute atomic E-state index is 13.5. The molecule has 0 aliphatic heterocycles. The number of hydrogen-bond acceptors (Lipinski definition) is 1. The van der Waals surface area contributed by atoms with Crippen molar-refractivity contribution in [1.82, 2.24) is 0 Å². The smallest absolute Gasteiger partial charge is 0.142 e. The van der Waals surface area contributed by atoms with Crippen LogP contribution >= 0.6 is 46.4 Å². The van der Waals surface area contributed by atoms with Crippen molar-refractivity contribution >= 4 is 52.1 Å². The lowest BCUT2D eigenvalue weighted by molar-refractivity contribution is 0.624. The van der Waals surface area contributed by atoms with Gasteiger partial charge in [-0.25, -0.2) is 4.39 Å². The largest absolute Gasteiger partial charge is 0.376 e. The molecule has 0 heterocycles. The Morgan fingerprint density at radius 1 is 0.950 bits per heavy atom. The molecule has 0 aliphatic rings. The second kappa shape index (κ2) is 6.40. The Morgan fingerprint density at radius 2 is 1.55 bits per heavy atom. The molecule has 2 aromatic carbocycles. The van der Waals surface area contributed by atoms with E-state index in [2.05, 4.69) is 5.32 Å². The predicted molar refractivity (Wildman–Crippen MR) is 84.9 cm³/mol. The van der Waals surface area contributed by atoms with Gasteiger partial charge < -0.3 is 5.32 Å². The molecule has 0 fully saturated rings. The Kier molecular flexibility index (Phi) is 5.03. The number of hydrogen-bond donors (Lipinski definition) is 1. The summed E-state index contributed by atoms with van der Waals surface area (Å²) in [6, 6.07) is 7.48. The fourth-order valence-corrected chi connectivity index (χ4v) is 3.07. The van der Waals surface area contributed by atoms with Crippen LogP contribution in [0.4, 0.5) is 10.1 Å². The standard InChI is InChI=1S/C14H10Cl4FN/c1-7(12-8(15)5-6-11(19)13(12)18)20-14-9(16)3-2-4-10(14)17/h2-7,20H,1H3. The van der Waals surface area contributed by atoms with E-state index in [1.165, 1.54) is 12.1 Å². The van der Waals surface area contributed by atoms with E-state index in [1.54, 1.807) is 25.1 Å². The predicted octanol–water partition coefficient (Wildman–Crippen LogP) is 6.61. The van der Waals surface area contributed by atoms with Crippen LogP contribution in [0.25, 0.3) is 0 Å². The minimum Gasteiger partial charge on any atom is -0.376 e. The highest BCUT2D eigenvalue weighted by molar-refractivity contribution is 6.39. The van der Waals surface area contributed by atoms with E-state index in [0.29, 0.717) is 26.3 Å². The Labute approximate surface area is 136 Å². The molecule has 1 nitrogen and oxygen atoms in total. The maximum atomic E-state index is 13.5. The van der Waals surface area contributed by atoms with E-state index >= 15 is 0 Å². The summed E-state index contributed by atoms with van der Waals surface area (Å²) in [6.45, 7) is 1.80. The lowest BCUT2D eigenvalue weighted by Gasteiger charge is -2.20. The minimum absolute atomic E-state index is 0.0133. The van der Waals surface area contributed by atoms with Crippen LogP contribution in [-0.2, 0) is 0 Å². The topological polar surface area (TPSA) is 12.0 Å². The second-order valence-electron chi connectivity index (χ2n) is 4.22. The summed E-state index contributed by atoms with van der Waals surface area (Å²) in [4.78, 5) is 0. The van der Waals surface area contributed by atoms with Crippen molar-refractivity contribution in [2.75, 3.05) is 5.32 Å². The molecule has 2 rings (SSSR count). The van der Waals surface area contributed by atoms with Gasteiger partial charge in [0.05, 0.1) is 26.8 Å². The van der Waals surface area contributed by atoms with E-state index in [0.717, 1.165) is 0 Å². The molecule has 0 aliphatic carbocycles. The summed E-state index contributed by atoms with van der Waals surface area (Å²) >= 11 is 24.2. The zero-order valence-corrected chi connectivity index (χ0v) is 13.4. The molecule has 106 valence electrons. The Morgan fingerprint density at radius 3 is 2.15 bits per heavy atom. The first kappa shape index (κ1) is 15.7. The first-order valence-corrected chi connectivity index (χ1v) is 7.27. The fourth-order valence-electron chi connectivity index (χ4n) is 1.86. The van der Waals surface area contributed by atoms with Gasteiger partial charge in [0, 0.05) is 10.6 Å². The molecule has 1 atom stereocenters. The number of nitrogens with one attached hydrogen (secondary N) is 1. The number of halogens is 5. The highest BCUT2D eigenvalue weighted by atomic mass is 35.5. The van der Waals surface area contributed by atoms with Gasteiger partial charge in [0.1, 0.15) is 5.82 Å². The summed E-state index contributed by atoms with van der Waals surface area (Å²) in [6.07, 6.45) is 0. The van der Waals surface area contributed by atoms with Crippen LogP contribution in [0.15, 0.2) is 30.3 Å². The third-order valence-electron chi connectivity index (χ3n) is 2.84. The fraction of sp³-hybridized carbons (Fsp3) is 0.143. The van der Waals surface area contributed by atoms with Gasteiger partial charge in [-0.15, -0.1) is 0 Å². The van der Waals surface area contributed by atoms with Crippen molar-refractivity contribution in [1.29, 1.82) is 0 Å². The molecule has 2 aromatic rings. The van der Waals surface area contributed by atoms with Crippen LogP contribution in [0, 0.1) is 5.82 Å². The Balaban J connectivity index is 2.38. The van der Waals surface area contributed by atoms with Gasteiger partial charge in [-0.05, 0) is 31.2 Å². The molecular formula is C14H10Cl4FN. The first-order valence-electron chi connectivity index (χ1n) is 5.75. The summed E-state index contributed by atoms with van der Waals surface area (Å²) in [5.41, 5.74) is 1.02. The summed E-state index contributed by atoms with van der Waals surface area (Å²) < 4.78 is 13.5. The van der Waals surface area contributed by atoms with Crippen molar-refractivity contribution in [3.05, 3.63) is 61.8 Å². The van der Waals surface area contributed by atoms with Crippen molar-refractivity contribution in [2.24, 2.45) is 0 Å². The van der Waals surface area contributed by atoms with E-state index in [9.17, 15) is 4.39 Å². The van der Waals surface area contributed by atoms with Gasteiger partial charge >= 0.3 is 0 Å². The minimum atomic E-state index is -0.523. The molecule has 0 spiro atoms. The van der Waals surface area contributed by atoms with Gasteiger partial charge in [-0.3, -0.25) is 0 Å². The first-order chi connectivity index (χ1) is 9.41. The average Bonchev–Trinajstić information content (AvgIpc) is 2.39. The Hall–Kier alpha value is -0.670. The van der Waals surface area contributed by atoms with Crippen LogP contribution in [0.2, 0.25) is 20.1 Å². The van der Waals surface area contributed by atoms with Crippen LogP contribution in [0.3, 0.4) is 0 Å². The number of para-hydroxylation sites is 1. The molecule has 6 heteroatoms. The van der Waals surface area contributed by atoms with Crippen LogP contribution in [-0.4, -0.2) is 0 Å². The van der Waals surface area contributed by atoms with E-state index < -0.39 is 5.82 Å². The van der Waals surface area contributed by atoms with Gasteiger partial charge in [-0.1, -0.05) is 52.5 Å². The average molecular weight is 353 g/mol. The molecule has 0 saturated heterocycles. The lowest BCUT2D eigenvalue weighted by Crippen LogP contribution is -2.09. The van der Waals surface area contributed by atoms with E-state index in [4.69, 9.17) is 46.4 Å². The van der Waals surface area contributed by atoms with Crippen LogP contribution in [0.1, 0.15) is 18.5 Å². The molecular weight excluding hydrogens is 343 g/mol. The highest BCUT2D eigenvalue weighted by Gasteiger charge is 2.18. The Bertz CT molecular complexity index is 625. The summed E-state index contributed by atoms with van der Waals surface area (Å²) in [7, 11) is 0. The van der Waals surface area contributed by atoms with Gasteiger partial charge in [0.15, 0.2) is 0 Å². The van der Waals surface area contributed by atoms with Gasteiger partial charge in [-0.2, -0.15) is 0 Å². The molecule has 0 bridgehead atoms. The third kappa shape index (κ3) is 3.15. The van der Waals surface area contributed by atoms with E-state index in [1.807, 2.05) is 0 Å².